The molecule has 3 N–H and O–H groups in total. The molecular weight excluding hydrogens is 519 g/mol. The number of anilines is 1. The van der Waals surface area contributed by atoms with Crippen LogP contribution in [0.1, 0.15) is 20.3 Å². The number of imidazole rings is 1. The predicted octanol–water partition coefficient (Wildman–Crippen LogP) is 4.04. The van der Waals surface area contributed by atoms with Gasteiger partial charge in [0.2, 0.25) is 0 Å². The number of nitrogen functional groups attached to an aromatic ring is 1. The summed E-state index contributed by atoms with van der Waals surface area (Å²) in [6.45, 7) is 6.82. The van der Waals surface area contributed by atoms with Crippen LogP contribution < -0.4 is 15.8 Å². The summed E-state index contributed by atoms with van der Waals surface area (Å²) < 4.78 is 9.08. The SMILES string of the molecule is CC(C)NCCCn1c(Sc2cc3c(cc2I)OCCS3)nc2c(N)ncnc21. The first-order valence-electron chi connectivity index (χ1n) is 9.50. The molecule has 0 saturated heterocycles. The monoisotopic (exact) mass is 542 g/mol. The average molecular weight is 542 g/mol. The highest BCUT2D eigenvalue weighted by atomic mass is 127. The Bertz CT molecular complexity index is 1030. The third-order valence-corrected chi connectivity index (χ3v) is 7.75. The van der Waals surface area contributed by atoms with Crippen LogP contribution in [0.3, 0.4) is 0 Å². The molecule has 1 aromatic carbocycles. The van der Waals surface area contributed by atoms with Crippen molar-refractivity contribution in [1.82, 2.24) is 24.8 Å². The van der Waals surface area contributed by atoms with Crippen molar-refractivity contribution in [3.8, 4) is 5.75 Å². The Morgan fingerprint density at radius 2 is 2.24 bits per heavy atom. The van der Waals surface area contributed by atoms with Crippen molar-refractivity contribution in [2.75, 3.05) is 24.6 Å². The van der Waals surface area contributed by atoms with Crippen molar-refractivity contribution in [1.29, 1.82) is 0 Å². The van der Waals surface area contributed by atoms with Gasteiger partial charge in [-0.1, -0.05) is 25.6 Å². The van der Waals surface area contributed by atoms with Gasteiger partial charge in [0, 0.05) is 26.8 Å². The molecule has 0 fully saturated rings. The van der Waals surface area contributed by atoms with E-state index in [1.807, 2.05) is 11.8 Å². The van der Waals surface area contributed by atoms with E-state index in [-0.39, 0.29) is 0 Å². The van der Waals surface area contributed by atoms with Crippen LogP contribution >= 0.6 is 46.1 Å². The van der Waals surface area contributed by atoms with Gasteiger partial charge in [0.25, 0.3) is 0 Å². The summed E-state index contributed by atoms with van der Waals surface area (Å²) in [4.78, 5) is 15.7. The molecule has 7 nitrogen and oxygen atoms in total. The van der Waals surface area contributed by atoms with Crippen LogP contribution in [0.15, 0.2) is 33.4 Å². The van der Waals surface area contributed by atoms with Gasteiger partial charge in [0.1, 0.15) is 12.1 Å². The molecule has 0 bridgehead atoms. The number of nitrogens with two attached hydrogens (primary N) is 1. The number of hydrogen-bond donors (Lipinski definition) is 2. The first-order chi connectivity index (χ1) is 14.0. The molecule has 10 heteroatoms. The Morgan fingerprint density at radius 1 is 1.38 bits per heavy atom. The highest BCUT2D eigenvalue weighted by molar-refractivity contribution is 14.1. The van der Waals surface area contributed by atoms with Crippen LogP contribution in [0.2, 0.25) is 0 Å². The highest BCUT2D eigenvalue weighted by Gasteiger charge is 2.19. The lowest BCUT2D eigenvalue weighted by atomic mass is 10.3. The minimum atomic E-state index is 0.417. The Hall–Kier alpha value is -1.24. The first-order valence-corrected chi connectivity index (χ1v) is 12.4. The predicted molar refractivity (Wildman–Crippen MR) is 127 cm³/mol. The molecule has 3 aromatic rings. The van der Waals surface area contributed by atoms with Crippen molar-refractivity contribution in [2.45, 2.75) is 47.8 Å². The maximum Gasteiger partial charge on any atom is 0.175 e. The molecule has 1 aliphatic heterocycles. The Kier molecular flexibility index (Phi) is 6.72. The van der Waals surface area contributed by atoms with Crippen molar-refractivity contribution < 1.29 is 4.74 Å². The third-order valence-electron chi connectivity index (χ3n) is 4.43. The van der Waals surface area contributed by atoms with Crippen LogP contribution in [0.25, 0.3) is 11.2 Å². The van der Waals surface area contributed by atoms with E-state index in [2.05, 4.69) is 68.4 Å². The van der Waals surface area contributed by atoms with Gasteiger partial charge in [0.05, 0.1) is 11.5 Å². The molecule has 154 valence electrons. The minimum absolute atomic E-state index is 0.417. The number of hydrogen-bond acceptors (Lipinski definition) is 8. The van der Waals surface area contributed by atoms with E-state index in [1.54, 1.807) is 11.8 Å². The van der Waals surface area contributed by atoms with Gasteiger partial charge >= 0.3 is 0 Å². The second-order valence-electron chi connectivity index (χ2n) is 6.97. The third kappa shape index (κ3) is 4.75. The molecule has 0 amide bonds. The lowest BCUT2D eigenvalue weighted by molar-refractivity contribution is 0.329. The van der Waals surface area contributed by atoms with E-state index in [1.165, 1.54) is 11.2 Å². The van der Waals surface area contributed by atoms with Crippen LogP contribution in [-0.4, -0.2) is 44.5 Å². The van der Waals surface area contributed by atoms with Gasteiger partial charge in [0.15, 0.2) is 22.1 Å². The molecule has 3 heterocycles. The normalized spacial score (nSPS) is 13.7. The molecule has 29 heavy (non-hydrogen) atoms. The van der Waals surface area contributed by atoms with Crippen molar-refractivity contribution >= 4 is 63.1 Å². The van der Waals surface area contributed by atoms with E-state index in [4.69, 9.17) is 15.5 Å². The number of aryl methyl sites for hydroxylation is 1. The molecule has 0 aliphatic carbocycles. The molecule has 0 radical (unpaired) electrons. The van der Waals surface area contributed by atoms with Gasteiger partial charge in [-0.15, -0.1) is 11.8 Å². The zero-order valence-corrected chi connectivity index (χ0v) is 20.1. The fourth-order valence-corrected chi connectivity index (χ4v) is 5.71. The van der Waals surface area contributed by atoms with E-state index in [0.29, 0.717) is 17.4 Å². The highest BCUT2D eigenvalue weighted by Crippen LogP contribution is 2.41. The molecule has 2 aromatic heterocycles. The zero-order chi connectivity index (χ0) is 20.4. The number of ether oxygens (including phenoxy) is 1. The maximum absolute atomic E-state index is 6.08. The number of aromatic nitrogens is 4. The van der Waals surface area contributed by atoms with Gasteiger partial charge in [-0.25, -0.2) is 15.0 Å². The lowest BCUT2D eigenvalue weighted by Crippen LogP contribution is -2.24. The molecule has 0 unspecified atom stereocenters. The quantitative estimate of drug-likeness (QED) is 0.342. The Balaban J connectivity index is 1.66. The number of rotatable bonds is 7. The fourth-order valence-electron chi connectivity index (χ4n) is 3.06. The molecule has 0 saturated carbocycles. The van der Waals surface area contributed by atoms with Crippen LogP contribution in [0, 0.1) is 3.57 Å². The molecule has 0 atom stereocenters. The Labute approximate surface area is 192 Å². The van der Waals surface area contributed by atoms with E-state index >= 15 is 0 Å². The zero-order valence-electron chi connectivity index (χ0n) is 16.3. The summed E-state index contributed by atoms with van der Waals surface area (Å²) in [7, 11) is 0. The number of nitrogens with zero attached hydrogens (tertiary/aromatic N) is 4. The lowest BCUT2D eigenvalue weighted by Gasteiger charge is -2.18. The van der Waals surface area contributed by atoms with Crippen LogP contribution in [-0.2, 0) is 6.54 Å². The van der Waals surface area contributed by atoms with Crippen molar-refractivity contribution in [3.05, 3.63) is 22.0 Å². The number of halogens is 1. The number of fused-ring (bicyclic) bond motifs is 2. The maximum atomic E-state index is 6.08. The largest absolute Gasteiger partial charge is 0.492 e. The Morgan fingerprint density at radius 3 is 3.07 bits per heavy atom. The van der Waals surface area contributed by atoms with E-state index < -0.39 is 0 Å². The van der Waals surface area contributed by atoms with Gasteiger partial charge in [-0.05, 0) is 47.7 Å². The first kappa shape index (κ1) is 21.0. The van der Waals surface area contributed by atoms with E-state index in [0.717, 1.165) is 56.9 Å². The second-order valence-corrected chi connectivity index (χ2v) is 10.3. The van der Waals surface area contributed by atoms with Crippen LogP contribution in [0.5, 0.6) is 5.75 Å². The van der Waals surface area contributed by atoms with Gasteiger partial charge in [-0.3, -0.25) is 0 Å². The fraction of sp³-hybridized carbons (Fsp3) is 0.421. The van der Waals surface area contributed by atoms with E-state index in [9.17, 15) is 0 Å². The summed E-state index contributed by atoms with van der Waals surface area (Å²) in [5, 5.41) is 4.35. The van der Waals surface area contributed by atoms with Crippen molar-refractivity contribution in [3.63, 3.8) is 0 Å². The topological polar surface area (TPSA) is 90.9 Å². The van der Waals surface area contributed by atoms with Gasteiger partial charge in [-0.2, -0.15) is 0 Å². The number of thioether (sulfide) groups is 1. The van der Waals surface area contributed by atoms with Crippen molar-refractivity contribution in [2.24, 2.45) is 0 Å². The summed E-state index contributed by atoms with van der Waals surface area (Å²) in [6.07, 6.45) is 2.49. The van der Waals surface area contributed by atoms with Crippen LogP contribution in [0.4, 0.5) is 5.82 Å². The van der Waals surface area contributed by atoms with Gasteiger partial charge < -0.3 is 20.4 Å². The average Bonchev–Trinajstić information content (AvgIpc) is 3.04. The molecule has 1 aliphatic rings. The summed E-state index contributed by atoms with van der Waals surface area (Å²) in [5.74, 6) is 2.36. The summed E-state index contributed by atoms with van der Waals surface area (Å²) >= 11 is 5.84. The number of benzene rings is 1. The smallest absolute Gasteiger partial charge is 0.175 e. The molecule has 0 spiro atoms. The summed E-state index contributed by atoms with van der Waals surface area (Å²) in [6, 6.07) is 4.78. The standard InChI is InChI=1S/C19H23IN6OS2/c1-11(2)22-4-3-5-26-18-16(17(21)23-10-24-18)25-19(26)29-14-9-15-13(8-12(14)20)27-6-7-28-15/h8-11,22H,3-7H2,1-2H3,(H2,21,23,24). The summed E-state index contributed by atoms with van der Waals surface area (Å²) in [5.41, 5.74) is 7.53. The second kappa shape index (κ2) is 9.27. The minimum Gasteiger partial charge on any atom is -0.492 e. The number of nitrogens with one attached hydrogen (secondary N) is 1. The molecule has 4 rings (SSSR count). The molecular formula is C19H23IN6OS2.